The van der Waals surface area contributed by atoms with Crippen molar-refractivity contribution in [3.8, 4) is 22.5 Å². The Bertz CT molecular complexity index is 1380. The Balaban J connectivity index is 1.64. The van der Waals surface area contributed by atoms with Gasteiger partial charge < -0.3 is 11.1 Å². The summed E-state index contributed by atoms with van der Waals surface area (Å²) >= 11 is 0. The number of imidazole rings is 1. The van der Waals surface area contributed by atoms with Crippen LogP contribution in [0.2, 0.25) is 0 Å². The fraction of sp³-hybridized carbons (Fsp3) is 0.345. The van der Waals surface area contributed by atoms with Crippen LogP contribution in [0.5, 0.6) is 0 Å². The van der Waals surface area contributed by atoms with Crippen molar-refractivity contribution >= 4 is 17.4 Å². The molecule has 0 spiro atoms. The highest BCUT2D eigenvalue weighted by Crippen LogP contribution is 2.43. The van der Waals surface area contributed by atoms with E-state index in [0.29, 0.717) is 23.3 Å². The summed E-state index contributed by atoms with van der Waals surface area (Å²) in [7, 11) is 0. The van der Waals surface area contributed by atoms with Crippen molar-refractivity contribution in [3.05, 3.63) is 71.5 Å². The SMILES string of the molecule is CC(C)CNc1nc(-c2ccc(C(C)C)cc2)cn2c(-c3ccc(C(N)=O)c(C4CC4)c3)cnc12. The summed E-state index contributed by atoms with van der Waals surface area (Å²) in [5.41, 5.74) is 13.3. The van der Waals surface area contributed by atoms with Gasteiger partial charge in [-0.3, -0.25) is 9.20 Å². The van der Waals surface area contributed by atoms with E-state index in [0.717, 1.165) is 58.9 Å². The number of primary amides is 1. The Morgan fingerprint density at radius 2 is 1.80 bits per heavy atom. The number of carbonyl (C=O) groups excluding carboxylic acids is 1. The van der Waals surface area contributed by atoms with E-state index in [9.17, 15) is 4.79 Å². The minimum atomic E-state index is -0.368. The van der Waals surface area contributed by atoms with Crippen LogP contribution in [-0.4, -0.2) is 26.8 Å². The van der Waals surface area contributed by atoms with Gasteiger partial charge in [0.1, 0.15) is 0 Å². The van der Waals surface area contributed by atoms with Crippen LogP contribution in [0.15, 0.2) is 54.9 Å². The van der Waals surface area contributed by atoms with Gasteiger partial charge in [0.25, 0.3) is 0 Å². The quantitative estimate of drug-likeness (QED) is 0.322. The van der Waals surface area contributed by atoms with Gasteiger partial charge in [-0.25, -0.2) is 9.97 Å². The molecule has 35 heavy (non-hydrogen) atoms. The lowest BCUT2D eigenvalue weighted by Gasteiger charge is -2.14. The van der Waals surface area contributed by atoms with Crippen LogP contribution in [0, 0.1) is 5.92 Å². The molecule has 0 saturated heterocycles. The molecule has 0 bridgehead atoms. The molecule has 1 fully saturated rings. The molecule has 0 aliphatic heterocycles. The zero-order valence-corrected chi connectivity index (χ0v) is 20.9. The van der Waals surface area contributed by atoms with E-state index in [-0.39, 0.29) is 5.91 Å². The molecule has 0 atom stereocenters. The minimum absolute atomic E-state index is 0.368. The molecule has 4 aromatic rings. The molecule has 0 radical (unpaired) electrons. The van der Waals surface area contributed by atoms with Crippen molar-refractivity contribution in [2.45, 2.75) is 52.4 Å². The van der Waals surface area contributed by atoms with E-state index in [1.54, 1.807) is 0 Å². The number of amides is 1. The molecule has 1 aliphatic rings. The van der Waals surface area contributed by atoms with E-state index in [1.807, 2.05) is 18.3 Å². The van der Waals surface area contributed by atoms with Crippen LogP contribution in [-0.2, 0) is 0 Å². The standard InChI is InChI=1S/C29H33N5O/c1-17(2)14-31-28-29-32-15-26(22-11-12-23(27(30)35)24(13-22)20-7-8-20)34(29)16-25(33-28)21-9-5-19(6-10-21)18(3)4/h5-6,9-13,15-18,20H,7-8,14H2,1-4H3,(H2,30,35)(H,31,33). The Labute approximate surface area is 206 Å². The van der Waals surface area contributed by atoms with Crippen LogP contribution in [0.1, 0.15) is 73.9 Å². The van der Waals surface area contributed by atoms with Gasteiger partial charge in [-0.05, 0) is 53.9 Å². The third-order valence-electron chi connectivity index (χ3n) is 6.67. The number of hydrogen-bond acceptors (Lipinski definition) is 4. The third-order valence-corrected chi connectivity index (χ3v) is 6.67. The molecule has 5 rings (SSSR count). The second-order valence-corrected chi connectivity index (χ2v) is 10.3. The number of nitrogens with two attached hydrogens (primary N) is 1. The van der Waals surface area contributed by atoms with Crippen molar-refractivity contribution in [1.82, 2.24) is 14.4 Å². The monoisotopic (exact) mass is 467 g/mol. The molecule has 180 valence electrons. The van der Waals surface area contributed by atoms with E-state index in [4.69, 9.17) is 15.7 Å². The Kier molecular flexibility index (Phi) is 6.05. The minimum Gasteiger partial charge on any atom is -0.367 e. The van der Waals surface area contributed by atoms with E-state index >= 15 is 0 Å². The number of carbonyl (C=O) groups is 1. The first-order valence-electron chi connectivity index (χ1n) is 12.5. The van der Waals surface area contributed by atoms with Crippen LogP contribution in [0.25, 0.3) is 28.2 Å². The zero-order valence-electron chi connectivity index (χ0n) is 20.9. The first-order valence-corrected chi connectivity index (χ1v) is 12.5. The number of rotatable bonds is 8. The van der Waals surface area contributed by atoms with Crippen molar-refractivity contribution in [1.29, 1.82) is 0 Å². The van der Waals surface area contributed by atoms with Crippen LogP contribution in [0.3, 0.4) is 0 Å². The topological polar surface area (TPSA) is 85.3 Å². The number of aromatic nitrogens is 3. The Morgan fingerprint density at radius 3 is 2.43 bits per heavy atom. The predicted octanol–water partition coefficient (Wildman–Crippen LogP) is 6.23. The Hall–Kier alpha value is -3.67. The Morgan fingerprint density at radius 1 is 1.09 bits per heavy atom. The van der Waals surface area contributed by atoms with Gasteiger partial charge >= 0.3 is 0 Å². The van der Waals surface area contributed by atoms with Gasteiger partial charge in [0.05, 0.1) is 17.6 Å². The smallest absolute Gasteiger partial charge is 0.248 e. The maximum atomic E-state index is 12.0. The number of benzene rings is 2. The number of nitrogens with zero attached hydrogens (tertiary/aromatic N) is 3. The lowest BCUT2D eigenvalue weighted by molar-refractivity contribution is 0.0999. The zero-order chi connectivity index (χ0) is 24.7. The highest BCUT2D eigenvalue weighted by molar-refractivity contribution is 5.95. The van der Waals surface area contributed by atoms with Gasteiger partial charge in [0.2, 0.25) is 5.91 Å². The maximum Gasteiger partial charge on any atom is 0.248 e. The number of anilines is 1. The maximum absolute atomic E-state index is 12.0. The van der Waals surface area contributed by atoms with Crippen LogP contribution < -0.4 is 11.1 Å². The largest absolute Gasteiger partial charge is 0.367 e. The lowest BCUT2D eigenvalue weighted by Crippen LogP contribution is -2.13. The molecular formula is C29H33N5O. The van der Waals surface area contributed by atoms with Gasteiger partial charge in [0.15, 0.2) is 11.5 Å². The summed E-state index contributed by atoms with van der Waals surface area (Å²) in [6, 6.07) is 14.6. The van der Waals surface area contributed by atoms with E-state index in [2.05, 4.69) is 73.9 Å². The summed E-state index contributed by atoms with van der Waals surface area (Å²) < 4.78 is 2.11. The normalized spacial score (nSPS) is 13.7. The van der Waals surface area contributed by atoms with E-state index in [1.165, 1.54) is 5.56 Å². The number of hydrogen-bond donors (Lipinski definition) is 2. The first-order chi connectivity index (χ1) is 16.8. The van der Waals surface area contributed by atoms with E-state index < -0.39 is 0 Å². The summed E-state index contributed by atoms with van der Waals surface area (Å²) in [6.45, 7) is 9.55. The molecule has 0 unspecified atom stereocenters. The van der Waals surface area contributed by atoms with Crippen molar-refractivity contribution in [3.63, 3.8) is 0 Å². The van der Waals surface area contributed by atoms with Crippen molar-refractivity contribution < 1.29 is 4.79 Å². The van der Waals surface area contributed by atoms with Crippen molar-refractivity contribution in [2.75, 3.05) is 11.9 Å². The summed E-state index contributed by atoms with van der Waals surface area (Å²) in [4.78, 5) is 21.7. The molecule has 1 amide bonds. The predicted molar refractivity (Wildman–Crippen MR) is 142 cm³/mol. The average Bonchev–Trinajstić information content (AvgIpc) is 3.60. The van der Waals surface area contributed by atoms with Gasteiger partial charge in [-0.15, -0.1) is 0 Å². The summed E-state index contributed by atoms with van der Waals surface area (Å²) in [5.74, 6) is 1.77. The fourth-order valence-corrected chi connectivity index (χ4v) is 4.48. The number of fused-ring (bicyclic) bond motifs is 1. The summed E-state index contributed by atoms with van der Waals surface area (Å²) in [6.07, 6.45) is 6.14. The van der Waals surface area contributed by atoms with Crippen molar-refractivity contribution in [2.24, 2.45) is 11.7 Å². The second-order valence-electron chi connectivity index (χ2n) is 10.3. The fourth-order valence-electron chi connectivity index (χ4n) is 4.48. The summed E-state index contributed by atoms with van der Waals surface area (Å²) in [5, 5.41) is 3.50. The van der Waals surface area contributed by atoms with Crippen LogP contribution >= 0.6 is 0 Å². The molecule has 6 nitrogen and oxygen atoms in total. The average molecular weight is 468 g/mol. The second kappa shape index (κ2) is 9.17. The highest BCUT2D eigenvalue weighted by Gasteiger charge is 2.28. The molecule has 2 heterocycles. The van der Waals surface area contributed by atoms with Gasteiger partial charge in [-0.2, -0.15) is 0 Å². The molecule has 6 heteroatoms. The van der Waals surface area contributed by atoms with Gasteiger partial charge in [0, 0.05) is 29.4 Å². The third kappa shape index (κ3) is 4.65. The lowest BCUT2D eigenvalue weighted by atomic mass is 9.98. The molecule has 2 aromatic heterocycles. The molecule has 3 N–H and O–H groups in total. The number of nitrogens with one attached hydrogen (secondary N) is 1. The highest BCUT2D eigenvalue weighted by atomic mass is 16.1. The molecule has 2 aromatic carbocycles. The molecule has 1 aliphatic carbocycles. The van der Waals surface area contributed by atoms with Gasteiger partial charge in [-0.1, -0.05) is 58.0 Å². The van der Waals surface area contributed by atoms with Crippen LogP contribution in [0.4, 0.5) is 5.82 Å². The molecule has 1 saturated carbocycles. The molecular weight excluding hydrogens is 434 g/mol. The first kappa shape index (κ1) is 23.1.